The van der Waals surface area contributed by atoms with E-state index in [2.05, 4.69) is 17.1 Å². The highest BCUT2D eigenvalue weighted by atomic mass is 16.5. The third-order valence-electron chi connectivity index (χ3n) is 3.72. The number of carbonyl (C=O) groups is 1. The molecule has 124 valence electrons. The minimum absolute atomic E-state index is 0.145. The molecule has 6 nitrogen and oxygen atoms in total. The number of nitrogens with zero attached hydrogens (tertiary/aromatic N) is 3. The summed E-state index contributed by atoms with van der Waals surface area (Å²) in [6.45, 7) is 2.30. The molecule has 0 spiro atoms. The molecule has 0 saturated carbocycles. The summed E-state index contributed by atoms with van der Waals surface area (Å²) in [6, 6.07) is 9.90. The summed E-state index contributed by atoms with van der Waals surface area (Å²) < 4.78 is 5.75. The lowest BCUT2D eigenvalue weighted by Gasteiger charge is -2.16. The molecular weight excluding hydrogens is 294 g/mol. The number of unbranched alkanes of at least 4 members (excludes halogenated alkanes) is 2. The highest BCUT2D eigenvalue weighted by Crippen LogP contribution is 2.23. The number of benzene rings is 1. The molecule has 1 N–H and O–H groups in total. The van der Waals surface area contributed by atoms with E-state index in [9.17, 15) is 10.0 Å². The molecule has 0 unspecified atom stereocenters. The molecule has 1 aromatic carbocycles. The van der Waals surface area contributed by atoms with Gasteiger partial charge in [-0.25, -0.2) is 5.06 Å². The third-order valence-corrected chi connectivity index (χ3v) is 3.72. The standard InChI is InChI=1S/C17H23N3O3/c1-2-3-5-10-15(12-20(22)13-21)17-19-18-16(23-17)11-14-8-6-4-7-9-14/h4,6-9,13,15,22H,2-3,5,10-12H2,1H3/t15-/m1/s1. The van der Waals surface area contributed by atoms with Gasteiger partial charge in [-0.15, -0.1) is 10.2 Å². The van der Waals surface area contributed by atoms with E-state index in [0.717, 1.165) is 31.2 Å². The molecule has 1 heterocycles. The molecule has 0 aliphatic heterocycles. The molecule has 0 aliphatic carbocycles. The predicted octanol–water partition coefficient (Wildman–Crippen LogP) is 3.17. The quantitative estimate of drug-likeness (QED) is 0.315. The van der Waals surface area contributed by atoms with Crippen molar-refractivity contribution in [3.63, 3.8) is 0 Å². The van der Waals surface area contributed by atoms with Gasteiger partial charge in [-0.1, -0.05) is 56.5 Å². The number of rotatable bonds is 10. The number of amides is 1. The van der Waals surface area contributed by atoms with Crippen LogP contribution in [0.25, 0.3) is 0 Å². The van der Waals surface area contributed by atoms with Gasteiger partial charge in [0.05, 0.1) is 18.9 Å². The minimum atomic E-state index is -0.145. The fourth-order valence-corrected chi connectivity index (χ4v) is 2.48. The highest BCUT2D eigenvalue weighted by molar-refractivity contribution is 5.44. The molecule has 0 aliphatic rings. The molecule has 0 radical (unpaired) electrons. The van der Waals surface area contributed by atoms with Gasteiger partial charge in [-0.3, -0.25) is 10.0 Å². The van der Waals surface area contributed by atoms with E-state index < -0.39 is 0 Å². The molecule has 1 atom stereocenters. The van der Waals surface area contributed by atoms with E-state index in [-0.39, 0.29) is 12.5 Å². The summed E-state index contributed by atoms with van der Waals surface area (Å²) in [6.07, 6.45) is 4.95. The average Bonchev–Trinajstić information content (AvgIpc) is 3.03. The summed E-state index contributed by atoms with van der Waals surface area (Å²) in [4.78, 5) is 10.7. The lowest BCUT2D eigenvalue weighted by atomic mass is 10.0. The SMILES string of the molecule is CCCCC[C@H](CN(O)C=O)c1nnc(Cc2ccccc2)o1. The normalized spacial score (nSPS) is 12.1. The summed E-state index contributed by atoms with van der Waals surface area (Å²) in [5, 5.41) is 18.3. The molecule has 0 saturated heterocycles. The maximum Gasteiger partial charge on any atom is 0.233 e. The summed E-state index contributed by atoms with van der Waals surface area (Å²) in [5.41, 5.74) is 1.10. The first-order valence-corrected chi connectivity index (χ1v) is 8.00. The van der Waals surface area contributed by atoms with E-state index >= 15 is 0 Å². The minimum Gasteiger partial charge on any atom is -0.425 e. The van der Waals surface area contributed by atoms with Gasteiger partial charge in [0, 0.05) is 0 Å². The van der Waals surface area contributed by atoms with Crippen LogP contribution < -0.4 is 0 Å². The van der Waals surface area contributed by atoms with Gasteiger partial charge in [-0.05, 0) is 12.0 Å². The second-order valence-corrected chi connectivity index (χ2v) is 5.62. The zero-order valence-electron chi connectivity index (χ0n) is 13.4. The van der Waals surface area contributed by atoms with Crippen molar-refractivity contribution in [2.75, 3.05) is 6.54 Å². The predicted molar refractivity (Wildman–Crippen MR) is 85.0 cm³/mol. The van der Waals surface area contributed by atoms with E-state index in [1.165, 1.54) is 0 Å². The van der Waals surface area contributed by atoms with Crippen LogP contribution in [0.5, 0.6) is 0 Å². The van der Waals surface area contributed by atoms with Crippen molar-refractivity contribution in [3.05, 3.63) is 47.7 Å². The monoisotopic (exact) mass is 317 g/mol. The van der Waals surface area contributed by atoms with Crippen molar-refractivity contribution in [2.24, 2.45) is 0 Å². The first kappa shape index (κ1) is 17.1. The Morgan fingerprint density at radius 2 is 2.04 bits per heavy atom. The van der Waals surface area contributed by atoms with Gasteiger partial charge in [0.25, 0.3) is 0 Å². The van der Waals surface area contributed by atoms with Crippen LogP contribution in [-0.4, -0.2) is 33.4 Å². The Labute approximate surface area is 136 Å². The molecule has 2 rings (SSSR count). The van der Waals surface area contributed by atoms with Crippen molar-refractivity contribution in [1.82, 2.24) is 15.3 Å². The van der Waals surface area contributed by atoms with Crippen LogP contribution in [0.2, 0.25) is 0 Å². The van der Waals surface area contributed by atoms with Crippen molar-refractivity contribution in [1.29, 1.82) is 0 Å². The van der Waals surface area contributed by atoms with Crippen LogP contribution in [0.1, 0.15) is 55.9 Å². The van der Waals surface area contributed by atoms with Crippen molar-refractivity contribution >= 4 is 6.41 Å². The molecular formula is C17H23N3O3. The lowest BCUT2D eigenvalue weighted by molar-refractivity contribution is -0.151. The fraction of sp³-hybridized carbons (Fsp3) is 0.471. The second-order valence-electron chi connectivity index (χ2n) is 5.62. The van der Waals surface area contributed by atoms with Gasteiger partial charge >= 0.3 is 0 Å². The molecule has 0 fully saturated rings. The number of hydrogen-bond acceptors (Lipinski definition) is 5. The van der Waals surface area contributed by atoms with Gasteiger partial charge in [-0.2, -0.15) is 0 Å². The first-order valence-electron chi connectivity index (χ1n) is 8.00. The van der Waals surface area contributed by atoms with Crippen molar-refractivity contribution < 1.29 is 14.4 Å². The molecule has 1 amide bonds. The molecule has 0 bridgehead atoms. The summed E-state index contributed by atoms with van der Waals surface area (Å²) >= 11 is 0. The Morgan fingerprint density at radius 3 is 2.74 bits per heavy atom. The molecule has 2 aromatic rings. The van der Waals surface area contributed by atoms with Gasteiger partial charge < -0.3 is 4.42 Å². The lowest BCUT2D eigenvalue weighted by Crippen LogP contribution is -2.24. The smallest absolute Gasteiger partial charge is 0.233 e. The van der Waals surface area contributed by atoms with Crippen molar-refractivity contribution in [3.8, 4) is 0 Å². The second kappa shape index (κ2) is 9.05. The maximum absolute atomic E-state index is 10.7. The van der Waals surface area contributed by atoms with Crippen LogP contribution in [0.4, 0.5) is 0 Å². The van der Waals surface area contributed by atoms with Crippen LogP contribution in [0.15, 0.2) is 34.7 Å². The maximum atomic E-state index is 10.7. The van der Waals surface area contributed by atoms with Crippen LogP contribution in [0, 0.1) is 0 Å². The molecule has 23 heavy (non-hydrogen) atoms. The van der Waals surface area contributed by atoms with Gasteiger partial charge in [0.1, 0.15) is 0 Å². The Morgan fingerprint density at radius 1 is 1.26 bits per heavy atom. The third kappa shape index (κ3) is 5.49. The Balaban J connectivity index is 2.04. The summed E-state index contributed by atoms with van der Waals surface area (Å²) in [5.74, 6) is 0.879. The van der Waals surface area contributed by atoms with E-state index in [1.54, 1.807) is 0 Å². The van der Waals surface area contributed by atoms with Crippen LogP contribution in [0.3, 0.4) is 0 Å². The van der Waals surface area contributed by atoms with E-state index in [4.69, 9.17) is 4.42 Å². The van der Waals surface area contributed by atoms with Crippen molar-refractivity contribution in [2.45, 2.75) is 44.9 Å². The van der Waals surface area contributed by atoms with Crippen LogP contribution >= 0.6 is 0 Å². The Hall–Kier alpha value is -2.21. The molecule has 6 heteroatoms. The molecule has 1 aromatic heterocycles. The summed E-state index contributed by atoms with van der Waals surface area (Å²) in [7, 11) is 0. The van der Waals surface area contributed by atoms with E-state index in [0.29, 0.717) is 29.7 Å². The number of carbonyl (C=O) groups excluding carboxylic acids is 1. The average molecular weight is 317 g/mol. The topological polar surface area (TPSA) is 79.5 Å². The number of hydroxylamine groups is 2. The Bertz CT molecular complexity index is 586. The highest BCUT2D eigenvalue weighted by Gasteiger charge is 2.21. The van der Waals surface area contributed by atoms with E-state index in [1.807, 2.05) is 30.3 Å². The number of hydrogen-bond donors (Lipinski definition) is 1. The Kier molecular flexibility index (Phi) is 6.75. The van der Waals surface area contributed by atoms with Gasteiger partial charge in [0.2, 0.25) is 18.2 Å². The zero-order valence-corrected chi connectivity index (χ0v) is 13.4. The number of aromatic nitrogens is 2. The van der Waals surface area contributed by atoms with Crippen LogP contribution in [-0.2, 0) is 11.2 Å². The zero-order chi connectivity index (χ0) is 16.5. The first-order chi connectivity index (χ1) is 11.2. The fourth-order valence-electron chi connectivity index (χ4n) is 2.48. The van der Waals surface area contributed by atoms with Gasteiger partial charge in [0.15, 0.2) is 0 Å². The largest absolute Gasteiger partial charge is 0.425 e.